The number of rotatable bonds is 7. The number of nitrogens with two attached hydrogens (primary N) is 1. The molecule has 2 aliphatic rings. The van der Waals surface area contributed by atoms with Crippen LogP contribution in [0.5, 0.6) is 0 Å². The summed E-state index contributed by atoms with van der Waals surface area (Å²) < 4.78 is 0. The van der Waals surface area contributed by atoms with Gasteiger partial charge in [0.1, 0.15) is 0 Å². The molecule has 1 atom stereocenters. The summed E-state index contributed by atoms with van der Waals surface area (Å²) >= 11 is 0. The van der Waals surface area contributed by atoms with Crippen LogP contribution in [0, 0.1) is 11.8 Å². The molecule has 0 aromatic rings. The van der Waals surface area contributed by atoms with E-state index in [4.69, 9.17) is 5.73 Å². The summed E-state index contributed by atoms with van der Waals surface area (Å²) in [5.41, 5.74) is 6.23. The van der Waals surface area contributed by atoms with Gasteiger partial charge in [0.2, 0.25) is 0 Å². The highest BCUT2D eigenvalue weighted by atomic mass is 15.2. The van der Waals surface area contributed by atoms with Gasteiger partial charge in [-0.15, -0.1) is 0 Å². The van der Waals surface area contributed by atoms with E-state index in [2.05, 4.69) is 18.7 Å². The molecule has 2 aliphatic carbocycles. The van der Waals surface area contributed by atoms with Crippen LogP contribution < -0.4 is 5.73 Å². The molecular formula is C15H30N2. The van der Waals surface area contributed by atoms with E-state index < -0.39 is 0 Å². The molecule has 0 spiro atoms. The maximum Gasteiger partial charge on any atom is 0.00953 e. The second-order valence-electron chi connectivity index (χ2n) is 6.62. The summed E-state index contributed by atoms with van der Waals surface area (Å²) in [6, 6.07) is 1.34. The normalized spacial score (nSPS) is 23.8. The van der Waals surface area contributed by atoms with Crippen LogP contribution in [0.2, 0.25) is 0 Å². The second kappa shape index (κ2) is 6.19. The van der Waals surface area contributed by atoms with Crippen LogP contribution in [0.3, 0.4) is 0 Å². The predicted molar refractivity (Wildman–Crippen MR) is 74.0 cm³/mol. The first kappa shape index (κ1) is 13.4. The lowest BCUT2D eigenvalue weighted by molar-refractivity contribution is 0.169. The Bertz CT molecular complexity index is 217. The van der Waals surface area contributed by atoms with Gasteiger partial charge in [0.15, 0.2) is 0 Å². The van der Waals surface area contributed by atoms with Crippen molar-refractivity contribution in [1.82, 2.24) is 4.90 Å². The Kier molecular flexibility index (Phi) is 4.87. The van der Waals surface area contributed by atoms with Crippen LogP contribution in [0.15, 0.2) is 0 Å². The molecule has 2 N–H and O–H groups in total. The lowest BCUT2D eigenvalue weighted by Gasteiger charge is -2.31. The Hall–Kier alpha value is -0.0800. The van der Waals surface area contributed by atoms with E-state index in [1.165, 1.54) is 58.0 Å². The van der Waals surface area contributed by atoms with Gasteiger partial charge in [-0.05, 0) is 50.5 Å². The topological polar surface area (TPSA) is 29.3 Å². The van der Waals surface area contributed by atoms with Gasteiger partial charge in [-0.25, -0.2) is 0 Å². The highest BCUT2D eigenvalue weighted by Gasteiger charge is 2.29. The Balaban J connectivity index is 1.76. The molecule has 100 valence electrons. The number of hydrogen-bond donors (Lipinski definition) is 1. The van der Waals surface area contributed by atoms with Crippen molar-refractivity contribution >= 4 is 0 Å². The first-order chi connectivity index (χ1) is 8.16. The number of nitrogens with zero attached hydrogens (tertiary/aromatic N) is 1. The van der Waals surface area contributed by atoms with Crippen molar-refractivity contribution in [2.24, 2.45) is 17.6 Å². The van der Waals surface area contributed by atoms with Crippen molar-refractivity contribution in [2.45, 2.75) is 70.9 Å². The van der Waals surface area contributed by atoms with E-state index in [9.17, 15) is 0 Å². The van der Waals surface area contributed by atoms with Crippen LogP contribution in [0.25, 0.3) is 0 Å². The molecule has 17 heavy (non-hydrogen) atoms. The molecule has 0 heterocycles. The predicted octanol–water partition coefficient (Wildman–Crippen LogP) is 3.01. The summed E-state index contributed by atoms with van der Waals surface area (Å²) in [5.74, 6) is 1.65. The van der Waals surface area contributed by atoms with Gasteiger partial charge in [-0.2, -0.15) is 0 Å². The first-order valence-electron chi connectivity index (χ1n) is 7.66. The van der Waals surface area contributed by atoms with Gasteiger partial charge >= 0.3 is 0 Å². The minimum atomic E-state index is 0.478. The fourth-order valence-electron chi connectivity index (χ4n) is 3.24. The van der Waals surface area contributed by atoms with Crippen molar-refractivity contribution in [1.29, 1.82) is 0 Å². The highest BCUT2D eigenvalue weighted by Crippen LogP contribution is 2.33. The average molecular weight is 238 g/mol. The van der Waals surface area contributed by atoms with Crippen LogP contribution in [-0.2, 0) is 0 Å². The zero-order valence-corrected chi connectivity index (χ0v) is 11.7. The molecule has 0 radical (unpaired) electrons. The lowest BCUT2D eigenvalue weighted by atomic mass is 10.1. The largest absolute Gasteiger partial charge is 0.327 e. The zero-order valence-electron chi connectivity index (χ0n) is 11.7. The van der Waals surface area contributed by atoms with Crippen molar-refractivity contribution in [2.75, 3.05) is 13.1 Å². The standard InChI is InChI=1S/C15H30N2/c1-12(2)11-17(14-5-3-4-6-14)10-9-15(16)13-7-8-13/h12-15H,3-11,16H2,1-2H3. The quantitative estimate of drug-likeness (QED) is 0.739. The average Bonchev–Trinajstić information content (AvgIpc) is 2.99. The molecule has 2 fully saturated rings. The van der Waals surface area contributed by atoms with Gasteiger partial charge in [0.05, 0.1) is 0 Å². The lowest BCUT2D eigenvalue weighted by Crippen LogP contribution is -2.39. The van der Waals surface area contributed by atoms with Crippen LogP contribution in [0.4, 0.5) is 0 Å². The van der Waals surface area contributed by atoms with Crippen molar-refractivity contribution in [3.8, 4) is 0 Å². The summed E-state index contributed by atoms with van der Waals surface area (Å²) in [7, 11) is 0. The Morgan fingerprint density at radius 1 is 1.12 bits per heavy atom. The van der Waals surface area contributed by atoms with Gasteiger partial charge in [-0.3, -0.25) is 0 Å². The third kappa shape index (κ3) is 4.26. The summed E-state index contributed by atoms with van der Waals surface area (Å²) in [6.45, 7) is 7.17. The maximum absolute atomic E-state index is 6.23. The molecule has 2 nitrogen and oxygen atoms in total. The third-order valence-corrected chi connectivity index (χ3v) is 4.42. The van der Waals surface area contributed by atoms with E-state index in [0.717, 1.165) is 17.9 Å². The molecule has 0 saturated heterocycles. The Labute approximate surface area is 107 Å². The summed E-state index contributed by atoms with van der Waals surface area (Å²) in [5, 5.41) is 0. The van der Waals surface area contributed by atoms with Gasteiger partial charge in [-0.1, -0.05) is 26.7 Å². The zero-order chi connectivity index (χ0) is 12.3. The fourth-order valence-corrected chi connectivity index (χ4v) is 3.24. The smallest absolute Gasteiger partial charge is 0.00953 e. The summed E-state index contributed by atoms with van der Waals surface area (Å²) in [4.78, 5) is 2.74. The minimum Gasteiger partial charge on any atom is -0.327 e. The molecule has 2 saturated carbocycles. The molecule has 0 aromatic carbocycles. The molecule has 0 amide bonds. The van der Waals surface area contributed by atoms with Gasteiger partial charge in [0, 0.05) is 18.6 Å². The Morgan fingerprint density at radius 3 is 2.29 bits per heavy atom. The molecule has 0 bridgehead atoms. The monoisotopic (exact) mass is 238 g/mol. The van der Waals surface area contributed by atoms with Crippen molar-refractivity contribution in [3.63, 3.8) is 0 Å². The molecule has 0 aliphatic heterocycles. The fraction of sp³-hybridized carbons (Fsp3) is 1.00. The molecule has 2 rings (SSSR count). The minimum absolute atomic E-state index is 0.478. The van der Waals surface area contributed by atoms with E-state index >= 15 is 0 Å². The summed E-state index contributed by atoms with van der Waals surface area (Å²) in [6.07, 6.45) is 9.70. The maximum atomic E-state index is 6.23. The second-order valence-corrected chi connectivity index (χ2v) is 6.62. The number of hydrogen-bond acceptors (Lipinski definition) is 2. The van der Waals surface area contributed by atoms with Crippen LogP contribution in [0.1, 0.15) is 58.8 Å². The molecular weight excluding hydrogens is 208 g/mol. The van der Waals surface area contributed by atoms with E-state index in [-0.39, 0.29) is 0 Å². The van der Waals surface area contributed by atoms with Gasteiger partial charge < -0.3 is 10.6 Å². The first-order valence-corrected chi connectivity index (χ1v) is 7.66. The van der Waals surface area contributed by atoms with Crippen LogP contribution in [-0.4, -0.2) is 30.1 Å². The van der Waals surface area contributed by atoms with E-state index in [0.29, 0.717) is 6.04 Å². The van der Waals surface area contributed by atoms with Crippen LogP contribution >= 0.6 is 0 Å². The van der Waals surface area contributed by atoms with Crippen molar-refractivity contribution < 1.29 is 0 Å². The third-order valence-electron chi connectivity index (χ3n) is 4.42. The highest BCUT2D eigenvalue weighted by molar-refractivity contribution is 4.86. The molecule has 2 heteroatoms. The molecule has 0 aromatic heterocycles. The van der Waals surface area contributed by atoms with E-state index in [1.807, 2.05) is 0 Å². The SMILES string of the molecule is CC(C)CN(CCC(N)C1CC1)C1CCCC1. The Morgan fingerprint density at radius 2 is 1.76 bits per heavy atom. The van der Waals surface area contributed by atoms with E-state index in [1.54, 1.807) is 0 Å². The molecule has 1 unspecified atom stereocenters. The van der Waals surface area contributed by atoms with Gasteiger partial charge in [0.25, 0.3) is 0 Å². The van der Waals surface area contributed by atoms with Crippen molar-refractivity contribution in [3.05, 3.63) is 0 Å².